The standard InChI is InChI=1S/C13H17NO3/c1-9(15)10-5-7-11(8-6-10)17-12(16)14-13(2,3)4/h5-8H,1-4H3,(H,14,16). The second-order valence-electron chi connectivity index (χ2n) is 4.85. The van der Waals surface area contributed by atoms with Gasteiger partial charge in [0.05, 0.1) is 0 Å². The Morgan fingerprint density at radius 1 is 1.12 bits per heavy atom. The molecule has 92 valence electrons. The third kappa shape index (κ3) is 4.68. The Bertz CT molecular complexity index is 415. The lowest BCUT2D eigenvalue weighted by molar-refractivity contribution is 0.101. The van der Waals surface area contributed by atoms with E-state index in [-0.39, 0.29) is 11.3 Å². The summed E-state index contributed by atoms with van der Waals surface area (Å²) in [6.45, 7) is 7.09. The quantitative estimate of drug-likeness (QED) is 0.802. The topological polar surface area (TPSA) is 55.4 Å². The van der Waals surface area contributed by atoms with Crippen LogP contribution >= 0.6 is 0 Å². The van der Waals surface area contributed by atoms with Crippen LogP contribution in [0.2, 0.25) is 0 Å². The van der Waals surface area contributed by atoms with Crippen LogP contribution in [-0.4, -0.2) is 17.4 Å². The number of rotatable bonds is 2. The van der Waals surface area contributed by atoms with Gasteiger partial charge in [-0.05, 0) is 52.0 Å². The molecule has 0 unspecified atom stereocenters. The van der Waals surface area contributed by atoms with E-state index in [1.165, 1.54) is 6.92 Å². The average molecular weight is 235 g/mol. The molecule has 0 fully saturated rings. The summed E-state index contributed by atoms with van der Waals surface area (Å²) in [4.78, 5) is 22.5. The van der Waals surface area contributed by atoms with Crippen molar-refractivity contribution in [3.8, 4) is 5.75 Å². The lowest BCUT2D eigenvalue weighted by Gasteiger charge is -2.19. The number of nitrogens with one attached hydrogen (secondary N) is 1. The van der Waals surface area contributed by atoms with Gasteiger partial charge in [0, 0.05) is 11.1 Å². The van der Waals surface area contributed by atoms with Gasteiger partial charge in [-0.3, -0.25) is 4.79 Å². The van der Waals surface area contributed by atoms with E-state index in [0.29, 0.717) is 11.3 Å². The Morgan fingerprint density at radius 2 is 1.65 bits per heavy atom. The van der Waals surface area contributed by atoms with Crippen molar-refractivity contribution in [2.24, 2.45) is 0 Å². The summed E-state index contributed by atoms with van der Waals surface area (Å²) < 4.78 is 5.06. The number of Topliss-reactive ketones (excluding diaryl/α,β-unsaturated/α-hetero) is 1. The van der Waals surface area contributed by atoms with E-state index in [0.717, 1.165) is 0 Å². The fourth-order valence-electron chi connectivity index (χ4n) is 1.20. The molecule has 0 aromatic heterocycles. The summed E-state index contributed by atoms with van der Waals surface area (Å²) >= 11 is 0. The van der Waals surface area contributed by atoms with Crippen molar-refractivity contribution in [2.45, 2.75) is 33.2 Å². The van der Waals surface area contributed by atoms with Crippen molar-refractivity contribution < 1.29 is 14.3 Å². The molecule has 4 heteroatoms. The molecule has 0 aliphatic heterocycles. The third-order valence-electron chi connectivity index (χ3n) is 1.95. The lowest BCUT2D eigenvalue weighted by atomic mass is 10.1. The number of ketones is 1. The first-order chi connectivity index (χ1) is 7.78. The van der Waals surface area contributed by atoms with Crippen LogP contribution in [0.15, 0.2) is 24.3 Å². The van der Waals surface area contributed by atoms with Gasteiger partial charge in [0.2, 0.25) is 0 Å². The molecule has 1 aromatic rings. The number of carbonyl (C=O) groups is 2. The molecular weight excluding hydrogens is 218 g/mol. The molecule has 0 bridgehead atoms. The highest BCUT2D eigenvalue weighted by atomic mass is 16.6. The van der Waals surface area contributed by atoms with Crippen molar-refractivity contribution in [3.05, 3.63) is 29.8 Å². The molecule has 0 aliphatic rings. The predicted octanol–water partition coefficient (Wildman–Crippen LogP) is 2.78. The number of amides is 1. The summed E-state index contributed by atoms with van der Waals surface area (Å²) in [5.74, 6) is 0.396. The highest BCUT2D eigenvalue weighted by molar-refractivity contribution is 5.94. The minimum absolute atomic E-state index is 0.0179. The minimum Gasteiger partial charge on any atom is -0.410 e. The largest absolute Gasteiger partial charge is 0.413 e. The molecule has 1 aromatic carbocycles. The monoisotopic (exact) mass is 235 g/mol. The first kappa shape index (κ1) is 13.2. The van der Waals surface area contributed by atoms with Crippen LogP contribution in [0.1, 0.15) is 38.1 Å². The zero-order valence-electron chi connectivity index (χ0n) is 10.5. The van der Waals surface area contributed by atoms with Crippen LogP contribution < -0.4 is 10.1 Å². The number of hydrogen-bond acceptors (Lipinski definition) is 3. The lowest BCUT2D eigenvalue weighted by Crippen LogP contribution is -2.42. The van der Waals surface area contributed by atoms with Gasteiger partial charge in [-0.25, -0.2) is 4.79 Å². The normalized spacial score (nSPS) is 10.8. The minimum atomic E-state index is -0.506. The number of benzene rings is 1. The van der Waals surface area contributed by atoms with Crippen LogP contribution in [0.4, 0.5) is 4.79 Å². The summed E-state index contributed by atoms with van der Waals surface area (Å²) in [6.07, 6.45) is -0.506. The van der Waals surface area contributed by atoms with Gasteiger partial charge >= 0.3 is 6.09 Å². The highest BCUT2D eigenvalue weighted by Gasteiger charge is 2.15. The first-order valence-corrected chi connectivity index (χ1v) is 5.39. The third-order valence-corrected chi connectivity index (χ3v) is 1.95. The summed E-state index contributed by atoms with van der Waals surface area (Å²) in [6, 6.07) is 6.45. The van der Waals surface area contributed by atoms with E-state index in [2.05, 4.69) is 5.32 Å². The molecule has 1 amide bonds. The molecule has 1 rings (SSSR count). The Balaban J connectivity index is 2.64. The Hall–Kier alpha value is -1.84. The molecule has 1 N–H and O–H groups in total. The summed E-state index contributed by atoms with van der Waals surface area (Å²) in [7, 11) is 0. The molecule has 0 saturated carbocycles. The van der Waals surface area contributed by atoms with Crippen LogP contribution in [0.3, 0.4) is 0 Å². The Kier molecular flexibility index (Phi) is 3.89. The Morgan fingerprint density at radius 3 is 2.06 bits per heavy atom. The van der Waals surface area contributed by atoms with Crippen molar-refractivity contribution >= 4 is 11.9 Å². The van der Waals surface area contributed by atoms with Crippen LogP contribution in [0.25, 0.3) is 0 Å². The maximum atomic E-state index is 11.4. The first-order valence-electron chi connectivity index (χ1n) is 5.39. The van der Waals surface area contributed by atoms with E-state index >= 15 is 0 Å². The smallest absolute Gasteiger partial charge is 0.410 e. The zero-order chi connectivity index (χ0) is 13.1. The van der Waals surface area contributed by atoms with E-state index in [4.69, 9.17) is 4.74 Å². The molecule has 0 saturated heterocycles. The summed E-state index contributed by atoms with van der Waals surface area (Å²) in [5.41, 5.74) is 0.254. The second-order valence-corrected chi connectivity index (χ2v) is 4.85. The number of hydrogen-bond donors (Lipinski definition) is 1. The maximum Gasteiger partial charge on any atom is 0.413 e. The van der Waals surface area contributed by atoms with Crippen LogP contribution in [0.5, 0.6) is 5.75 Å². The SMILES string of the molecule is CC(=O)c1ccc(OC(=O)NC(C)(C)C)cc1. The van der Waals surface area contributed by atoms with Gasteiger partial charge < -0.3 is 10.1 Å². The molecule has 0 aliphatic carbocycles. The van der Waals surface area contributed by atoms with Gasteiger partial charge in [0.1, 0.15) is 5.75 Å². The molecule has 0 spiro atoms. The molecule has 4 nitrogen and oxygen atoms in total. The zero-order valence-corrected chi connectivity index (χ0v) is 10.5. The number of ether oxygens (including phenoxy) is 1. The second kappa shape index (κ2) is 4.99. The summed E-state index contributed by atoms with van der Waals surface area (Å²) in [5, 5.41) is 2.68. The average Bonchev–Trinajstić information content (AvgIpc) is 2.15. The van der Waals surface area contributed by atoms with Crippen molar-refractivity contribution in [2.75, 3.05) is 0 Å². The predicted molar refractivity (Wildman–Crippen MR) is 65.4 cm³/mol. The molecule has 17 heavy (non-hydrogen) atoms. The fourth-order valence-corrected chi connectivity index (χ4v) is 1.20. The molecule has 0 heterocycles. The van der Waals surface area contributed by atoms with E-state index in [9.17, 15) is 9.59 Å². The molecule has 0 radical (unpaired) electrons. The van der Waals surface area contributed by atoms with E-state index in [1.807, 2.05) is 20.8 Å². The van der Waals surface area contributed by atoms with Crippen LogP contribution in [0, 0.1) is 0 Å². The van der Waals surface area contributed by atoms with Gasteiger partial charge in [0.15, 0.2) is 5.78 Å². The van der Waals surface area contributed by atoms with Crippen molar-refractivity contribution in [1.82, 2.24) is 5.32 Å². The maximum absolute atomic E-state index is 11.4. The van der Waals surface area contributed by atoms with Crippen LogP contribution in [-0.2, 0) is 0 Å². The van der Waals surface area contributed by atoms with Gasteiger partial charge in [-0.1, -0.05) is 0 Å². The molecule has 0 atom stereocenters. The van der Waals surface area contributed by atoms with E-state index < -0.39 is 6.09 Å². The molecular formula is C13H17NO3. The van der Waals surface area contributed by atoms with E-state index in [1.54, 1.807) is 24.3 Å². The van der Waals surface area contributed by atoms with Gasteiger partial charge in [-0.15, -0.1) is 0 Å². The van der Waals surface area contributed by atoms with Gasteiger partial charge in [0.25, 0.3) is 0 Å². The van der Waals surface area contributed by atoms with Gasteiger partial charge in [-0.2, -0.15) is 0 Å². The highest BCUT2D eigenvalue weighted by Crippen LogP contribution is 2.13. The number of carbonyl (C=O) groups excluding carboxylic acids is 2. The fraction of sp³-hybridized carbons (Fsp3) is 0.385. The van der Waals surface area contributed by atoms with Crippen molar-refractivity contribution in [1.29, 1.82) is 0 Å². The Labute approximate surface area is 101 Å². The van der Waals surface area contributed by atoms with Crippen molar-refractivity contribution in [3.63, 3.8) is 0 Å².